The second kappa shape index (κ2) is 11.2. The Morgan fingerprint density at radius 1 is 0.393 bits per heavy atom. The predicted octanol–water partition coefficient (Wildman–Crippen LogP) is 11.2. The van der Waals surface area contributed by atoms with Crippen LogP contribution >= 0.6 is 0 Å². The Labute approximate surface area is 324 Å². The number of hydrogen-bond acceptors (Lipinski definition) is 6. The molecule has 56 heavy (non-hydrogen) atoms. The molecule has 0 atom stereocenters. The largest absolute Gasteiger partial charge is 0.398 e. The molecule has 20 aliphatic rings. The predicted molar refractivity (Wildman–Crippen MR) is 220 cm³/mol. The summed E-state index contributed by atoms with van der Waals surface area (Å²) in [7, 11) is 0. The summed E-state index contributed by atoms with van der Waals surface area (Å²) in [5.41, 5.74) is 25.3. The second-order valence-electron chi connectivity index (χ2n) is 17.1. The van der Waals surface area contributed by atoms with Gasteiger partial charge in [-0.1, -0.05) is 97.1 Å². The average molecular weight is 737 g/mol. The van der Waals surface area contributed by atoms with Gasteiger partial charge in [0.2, 0.25) is 0 Å². The van der Waals surface area contributed by atoms with Crippen LogP contribution in [0.2, 0.25) is 0 Å². The molecule has 20 aliphatic carbocycles. The van der Waals surface area contributed by atoms with Crippen molar-refractivity contribution in [2.24, 2.45) is 0 Å². The molecule has 0 radical (unpaired) electrons. The molecule has 26 rings (SSSR count). The van der Waals surface area contributed by atoms with Crippen LogP contribution in [0.1, 0.15) is 73.6 Å². The molecule has 0 aromatic heterocycles. The Bertz CT molecular complexity index is 2650. The van der Waals surface area contributed by atoms with E-state index in [0.717, 1.165) is 90.4 Å². The minimum Gasteiger partial charge on any atom is -0.398 e. The summed E-state index contributed by atoms with van der Waals surface area (Å²) in [6, 6.07) is 40.3. The van der Waals surface area contributed by atoms with E-state index in [1.54, 1.807) is 0 Å². The van der Waals surface area contributed by atoms with Crippen molar-refractivity contribution < 1.29 is 9.85 Å². The average Bonchev–Trinajstić information content (AvgIpc) is 4.02. The summed E-state index contributed by atoms with van der Waals surface area (Å²) in [6.45, 7) is 0. The molecule has 8 heteroatoms. The molecular weight excluding hydrogens is 697 g/mol. The van der Waals surface area contributed by atoms with Gasteiger partial charge in [-0.15, -0.1) is 0 Å². The normalized spacial score (nSPS) is 19.1. The molecule has 0 unspecified atom stereocenters. The fourth-order valence-electron chi connectivity index (χ4n) is 11.0. The number of benzene rings is 6. The van der Waals surface area contributed by atoms with Crippen molar-refractivity contribution in [3.8, 4) is 44.5 Å². The van der Waals surface area contributed by atoms with Crippen LogP contribution in [0.15, 0.2) is 121 Å². The highest BCUT2D eigenvalue weighted by Gasteiger charge is 2.68. The number of nitrogen functional groups attached to an aromatic ring is 2. The van der Waals surface area contributed by atoms with E-state index in [2.05, 4.69) is 66.7 Å². The molecule has 4 spiro atoms. The molecule has 276 valence electrons. The van der Waals surface area contributed by atoms with Crippen LogP contribution in [0.4, 0.5) is 22.7 Å². The van der Waals surface area contributed by atoms with Crippen LogP contribution in [0, 0.1) is 20.2 Å². The van der Waals surface area contributed by atoms with Crippen molar-refractivity contribution >= 4 is 22.7 Å². The van der Waals surface area contributed by atoms with E-state index in [1.165, 1.54) is 23.3 Å². The van der Waals surface area contributed by atoms with E-state index in [-0.39, 0.29) is 44.2 Å². The van der Waals surface area contributed by atoms with E-state index in [9.17, 15) is 20.2 Å². The fourth-order valence-corrected chi connectivity index (χ4v) is 11.0. The third kappa shape index (κ3) is 4.53. The van der Waals surface area contributed by atoms with Gasteiger partial charge in [0.25, 0.3) is 11.4 Å². The molecule has 4 fully saturated rings. The molecule has 8 nitrogen and oxygen atoms in total. The molecule has 12 bridgehead atoms. The molecule has 0 saturated heterocycles. The van der Waals surface area contributed by atoms with Gasteiger partial charge in [-0.2, -0.15) is 0 Å². The highest BCUT2D eigenvalue weighted by molar-refractivity contribution is 5.86. The van der Waals surface area contributed by atoms with E-state index in [4.69, 9.17) is 11.5 Å². The standard InChI is InChI=1S/C48H40N4O4/c49-41-28-40-42(50)25-37(41)31-3-1-29(2-4-31)30-5-11-34(12-6-30)45(17-18-45)46(19-20-46)35-13-7-32(8-14-35)38-26-44(52(55)56)39(27-43(38)51(53)54)33-9-15-36(16-10-33)47(21-22-47)48(40)23-24-48/h1-16,25-28H,17-24,49-50H2. The van der Waals surface area contributed by atoms with Crippen molar-refractivity contribution in [1.82, 2.24) is 0 Å². The van der Waals surface area contributed by atoms with Gasteiger partial charge >= 0.3 is 0 Å². The first-order valence-corrected chi connectivity index (χ1v) is 19.7. The fraction of sp³-hybridized carbons (Fsp3) is 0.250. The number of nitro benzene ring substituents is 2. The molecule has 0 aliphatic heterocycles. The van der Waals surface area contributed by atoms with Gasteiger partial charge in [-0.25, -0.2) is 0 Å². The van der Waals surface area contributed by atoms with Crippen LogP contribution in [0.25, 0.3) is 44.5 Å². The zero-order chi connectivity index (χ0) is 38.2. The zero-order valence-corrected chi connectivity index (χ0v) is 30.9. The smallest absolute Gasteiger partial charge is 0.278 e. The Balaban J connectivity index is 1.08. The Kier molecular flexibility index (Phi) is 6.59. The monoisotopic (exact) mass is 736 g/mol. The first-order valence-electron chi connectivity index (χ1n) is 19.7. The highest BCUT2D eigenvalue weighted by Crippen LogP contribution is 2.73. The maximum atomic E-state index is 12.6. The Hall–Kier alpha value is -6.28. The Morgan fingerprint density at radius 3 is 1.09 bits per heavy atom. The lowest BCUT2D eigenvalue weighted by Gasteiger charge is -2.30. The summed E-state index contributed by atoms with van der Waals surface area (Å²) >= 11 is 0. The van der Waals surface area contributed by atoms with Crippen LogP contribution < -0.4 is 11.5 Å². The summed E-state index contributed by atoms with van der Waals surface area (Å²) in [6.07, 6.45) is 8.34. The van der Waals surface area contributed by atoms with Crippen LogP contribution in [-0.2, 0) is 21.7 Å². The summed E-state index contributed by atoms with van der Waals surface area (Å²) in [5.74, 6) is 0. The van der Waals surface area contributed by atoms with Crippen molar-refractivity contribution in [2.75, 3.05) is 11.5 Å². The van der Waals surface area contributed by atoms with E-state index < -0.39 is 9.85 Å². The number of nitro groups is 2. The molecular formula is C48H40N4O4. The topological polar surface area (TPSA) is 138 Å². The summed E-state index contributed by atoms with van der Waals surface area (Å²) in [4.78, 5) is 24.4. The van der Waals surface area contributed by atoms with Crippen LogP contribution in [0.5, 0.6) is 0 Å². The minimum atomic E-state index is -0.433. The Morgan fingerprint density at radius 2 is 0.714 bits per heavy atom. The maximum Gasteiger partial charge on any atom is 0.278 e. The second-order valence-corrected chi connectivity index (χ2v) is 17.1. The third-order valence-electron chi connectivity index (χ3n) is 14.5. The van der Waals surface area contributed by atoms with Crippen molar-refractivity contribution in [1.29, 1.82) is 0 Å². The van der Waals surface area contributed by atoms with Crippen LogP contribution in [-0.4, -0.2) is 9.85 Å². The lowest BCUT2D eigenvalue weighted by Crippen LogP contribution is -2.27. The lowest BCUT2D eigenvalue weighted by atomic mass is 9.74. The summed E-state index contributed by atoms with van der Waals surface area (Å²) < 4.78 is 0. The van der Waals surface area contributed by atoms with Gasteiger partial charge in [0.1, 0.15) is 0 Å². The van der Waals surface area contributed by atoms with Crippen LogP contribution in [0.3, 0.4) is 0 Å². The van der Waals surface area contributed by atoms with Gasteiger partial charge in [0.15, 0.2) is 0 Å². The molecule has 0 amide bonds. The minimum absolute atomic E-state index is 0.000740. The van der Waals surface area contributed by atoms with E-state index in [0.29, 0.717) is 16.8 Å². The number of anilines is 2. The van der Waals surface area contributed by atoms with Gasteiger partial charge in [0.05, 0.1) is 21.0 Å². The highest BCUT2D eigenvalue weighted by atomic mass is 16.6. The first kappa shape index (κ1) is 33.1. The number of rotatable bonds is 2. The zero-order valence-electron chi connectivity index (χ0n) is 30.9. The molecule has 6 aromatic rings. The van der Waals surface area contributed by atoms with E-state index in [1.807, 2.05) is 42.5 Å². The van der Waals surface area contributed by atoms with Gasteiger partial charge < -0.3 is 11.5 Å². The third-order valence-corrected chi connectivity index (χ3v) is 14.5. The van der Waals surface area contributed by atoms with Crippen molar-refractivity contribution in [2.45, 2.75) is 73.0 Å². The first-order chi connectivity index (χ1) is 27.1. The van der Waals surface area contributed by atoms with Gasteiger partial charge in [-0.3, -0.25) is 20.2 Å². The van der Waals surface area contributed by atoms with Gasteiger partial charge in [-0.05, 0) is 114 Å². The van der Waals surface area contributed by atoms with Gasteiger partial charge in [0, 0.05) is 50.7 Å². The molecule has 0 heterocycles. The summed E-state index contributed by atoms with van der Waals surface area (Å²) in [5, 5.41) is 25.3. The van der Waals surface area contributed by atoms with E-state index >= 15 is 0 Å². The lowest BCUT2D eigenvalue weighted by molar-refractivity contribution is -0.388. The van der Waals surface area contributed by atoms with Crippen molar-refractivity contribution in [3.63, 3.8) is 0 Å². The SMILES string of the molecule is Nc1cc2c(N)cc1-c1ccc(cc1)-c1ccc(cc1)C1(CC1)C1(CC1)c1ccc(cc1)-c1cc([N+](=O)[O-])c(cc1[N+](=O)[O-])-c1ccc(cc1)C1(CC1)C21CC1. The van der Waals surface area contributed by atoms with Crippen molar-refractivity contribution in [3.05, 3.63) is 164 Å². The molecule has 4 N–H and O–H groups in total. The molecule has 6 aromatic carbocycles. The number of nitrogens with two attached hydrogens (primary N) is 2. The molecule has 4 saturated carbocycles. The number of hydrogen-bond donors (Lipinski definition) is 2. The maximum absolute atomic E-state index is 12.6. The number of nitrogens with zero attached hydrogens (tertiary/aromatic N) is 2. The quantitative estimate of drug-likeness (QED) is 0.103.